The third kappa shape index (κ3) is 5.49. The summed E-state index contributed by atoms with van der Waals surface area (Å²) in [5, 5.41) is 20.5. The van der Waals surface area contributed by atoms with Crippen molar-refractivity contribution in [2.24, 2.45) is 0 Å². The average molecular weight is 513 g/mol. The SMILES string of the molecule is O=C1CN(C(=O)c2cnc3cccnn23)CCCCNC(=O)c2cccc(c2)-c2cc(ccc2O)CCN1. The van der Waals surface area contributed by atoms with Crippen molar-refractivity contribution >= 4 is 23.4 Å². The van der Waals surface area contributed by atoms with Gasteiger partial charge in [-0.05, 0) is 66.8 Å². The van der Waals surface area contributed by atoms with Gasteiger partial charge in [-0.2, -0.15) is 5.10 Å². The van der Waals surface area contributed by atoms with Crippen LogP contribution in [0, 0.1) is 0 Å². The molecule has 2 aromatic heterocycles. The van der Waals surface area contributed by atoms with Gasteiger partial charge in [-0.1, -0.05) is 18.2 Å². The number of nitrogens with one attached hydrogen (secondary N) is 2. The predicted octanol–water partition coefficient (Wildman–Crippen LogP) is 2.43. The van der Waals surface area contributed by atoms with Crippen molar-refractivity contribution in [3.63, 3.8) is 0 Å². The maximum Gasteiger partial charge on any atom is 0.274 e. The lowest BCUT2D eigenvalue weighted by Crippen LogP contribution is -2.42. The van der Waals surface area contributed by atoms with Gasteiger partial charge < -0.3 is 20.6 Å². The van der Waals surface area contributed by atoms with Gasteiger partial charge in [0.15, 0.2) is 11.3 Å². The summed E-state index contributed by atoms with van der Waals surface area (Å²) in [6.07, 6.45) is 4.77. The van der Waals surface area contributed by atoms with Gasteiger partial charge in [-0.25, -0.2) is 9.50 Å². The Morgan fingerprint density at radius 2 is 1.82 bits per heavy atom. The Balaban J connectivity index is 1.38. The molecule has 1 aliphatic heterocycles. The molecule has 4 aromatic rings. The van der Waals surface area contributed by atoms with Crippen molar-refractivity contribution in [1.82, 2.24) is 30.1 Å². The number of hydrogen-bond acceptors (Lipinski definition) is 6. The second kappa shape index (κ2) is 11.1. The number of carbonyl (C=O) groups excluding carboxylic acids is 3. The van der Waals surface area contributed by atoms with E-state index in [1.165, 1.54) is 15.6 Å². The monoisotopic (exact) mass is 512 g/mol. The molecule has 0 atom stereocenters. The standard InChI is InChI=1S/C28H28N6O4/c35-24-9-8-19-10-13-29-26(36)18-33(28(38)23-17-31-25-7-4-12-32-34(23)25)14-2-1-11-30-27(37)21-6-3-5-20(16-21)22(24)15-19/h3-9,12,15-17,35H,1-2,10-11,13-14,18H2,(H,29,36)(H,30,37). The van der Waals surface area contributed by atoms with E-state index < -0.39 is 0 Å². The van der Waals surface area contributed by atoms with Crippen LogP contribution in [0.3, 0.4) is 0 Å². The molecule has 10 heteroatoms. The van der Waals surface area contributed by atoms with Crippen LogP contribution in [0.25, 0.3) is 16.8 Å². The Morgan fingerprint density at radius 3 is 2.71 bits per heavy atom. The molecule has 4 bridgehead atoms. The summed E-state index contributed by atoms with van der Waals surface area (Å²) in [5.74, 6) is -0.723. The first-order chi connectivity index (χ1) is 18.5. The number of hydrogen-bond donors (Lipinski definition) is 3. The molecule has 0 saturated heterocycles. The van der Waals surface area contributed by atoms with Gasteiger partial charge in [0.1, 0.15) is 5.75 Å². The van der Waals surface area contributed by atoms with E-state index >= 15 is 0 Å². The van der Waals surface area contributed by atoms with Crippen molar-refractivity contribution in [3.05, 3.63) is 83.8 Å². The fourth-order valence-corrected chi connectivity index (χ4v) is 4.49. The van der Waals surface area contributed by atoms with Crippen LogP contribution < -0.4 is 10.6 Å². The van der Waals surface area contributed by atoms with Gasteiger partial charge >= 0.3 is 0 Å². The number of amides is 3. The van der Waals surface area contributed by atoms with Crippen LogP contribution in [0.1, 0.15) is 39.3 Å². The number of aromatic nitrogens is 3. The first kappa shape index (κ1) is 24.9. The second-order valence-corrected chi connectivity index (χ2v) is 9.16. The van der Waals surface area contributed by atoms with Gasteiger partial charge in [0, 0.05) is 37.0 Å². The minimum Gasteiger partial charge on any atom is -0.507 e. The number of fused-ring (bicyclic) bond motifs is 6. The van der Waals surface area contributed by atoms with Crippen LogP contribution >= 0.6 is 0 Å². The highest BCUT2D eigenvalue weighted by Gasteiger charge is 2.22. The van der Waals surface area contributed by atoms with Crippen LogP contribution in [-0.4, -0.2) is 68.5 Å². The number of rotatable bonds is 1. The fourth-order valence-electron chi connectivity index (χ4n) is 4.49. The summed E-state index contributed by atoms with van der Waals surface area (Å²) in [6.45, 7) is 0.996. The summed E-state index contributed by atoms with van der Waals surface area (Å²) in [5.41, 5.74) is 3.58. The van der Waals surface area contributed by atoms with Gasteiger partial charge in [0.05, 0.1) is 12.7 Å². The van der Waals surface area contributed by atoms with E-state index in [0.717, 1.165) is 11.1 Å². The van der Waals surface area contributed by atoms with Crippen molar-refractivity contribution < 1.29 is 19.5 Å². The van der Waals surface area contributed by atoms with Gasteiger partial charge in [0.2, 0.25) is 5.91 Å². The number of benzene rings is 2. The lowest BCUT2D eigenvalue weighted by atomic mass is 9.98. The zero-order valence-corrected chi connectivity index (χ0v) is 20.8. The number of imidazole rings is 1. The van der Waals surface area contributed by atoms with E-state index in [4.69, 9.17) is 0 Å². The molecular formula is C28H28N6O4. The average Bonchev–Trinajstić information content (AvgIpc) is 3.36. The predicted molar refractivity (Wildman–Crippen MR) is 141 cm³/mol. The Labute approximate surface area is 219 Å². The number of carbonyl (C=O) groups is 3. The van der Waals surface area contributed by atoms with Crippen molar-refractivity contribution in [1.29, 1.82) is 0 Å². The highest BCUT2D eigenvalue weighted by atomic mass is 16.3. The van der Waals surface area contributed by atoms with E-state index in [-0.39, 0.29) is 35.7 Å². The maximum absolute atomic E-state index is 13.4. The lowest BCUT2D eigenvalue weighted by molar-refractivity contribution is -0.121. The van der Waals surface area contributed by atoms with E-state index in [0.29, 0.717) is 55.7 Å². The maximum atomic E-state index is 13.4. The first-order valence-corrected chi connectivity index (χ1v) is 12.5. The number of aromatic hydroxyl groups is 1. The molecule has 0 radical (unpaired) electrons. The molecule has 5 rings (SSSR count). The lowest BCUT2D eigenvalue weighted by Gasteiger charge is -2.22. The van der Waals surface area contributed by atoms with Crippen LogP contribution in [0.5, 0.6) is 5.75 Å². The van der Waals surface area contributed by atoms with E-state index in [9.17, 15) is 19.5 Å². The Kier molecular flexibility index (Phi) is 7.30. The number of phenolic OH excluding ortho intramolecular Hbond substituents is 1. The molecule has 194 valence electrons. The number of nitrogens with zero attached hydrogens (tertiary/aromatic N) is 4. The summed E-state index contributed by atoms with van der Waals surface area (Å²) < 4.78 is 1.46. The van der Waals surface area contributed by atoms with Crippen LogP contribution in [-0.2, 0) is 11.2 Å². The summed E-state index contributed by atoms with van der Waals surface area (Å²) in [4.78, 5) is 44.7. The molecule has 38 heavy (non-hydrogen) atoms. The largest absolute Gasteiger partial charge is 0.507 e. The Hall–Kier alpha value is -4.73. The third-order valence-electron chi connectivity index (χ3n) is 6.49. The van der Waals surface area contributed by atoms with E-state index in [1.54, 1.807) is 48.7 Å². The van der Waals surface area contributed by atoms with Crippen LogP contribution in [0.15, 0.2) is 67.0 Å². The number of phenols is 1. The van der Waals surface area contributed by atoms with Gasteiger partial charge in [0.25, 0.3) is 11.8 Å². The Morgan fingerprint density at radius 1 is 0.947 bits per heavy atom. The quantitative estimate of drug-likeness (QED) is 0.359. The summed E-state index contributed by atoms with van der Waals surface area (Å²) in [7, 11) is 0. The molecule has 0 unspecified atom stereocenters. The molecule has 2 aromatic carbocycles. The molecule has 3 amide bonds. The molecule has 10 nitrogen and oxygen atoms in total. The molecule has 0 saturated carbocycles. The van der Waals surface area contributed by atoms with E-state index in [2.05, 4.69) is 20.7 Å². The van der Waals surface area contributed by atoms with Crippen LogP contribution in [0.4, 0.5) is 0 Å². The molecule has 3 heterocycles. The topological polar surface area (TPSA) is 129 Å². The highest BCUT2D eigenvalue weighted by molar-refractivity contribution is 5.96. The van der Waals surface area contributed by atoms with Crippen LogP contribution in [0.2, 0.25) is 0 Å². The molecule has 0 spiro atoms. The Bertz CT molecular complexity index is 1500. The summed E-state index contributed by atoms with van der Waals surface area (Å²) >= 11 is 0. The third-order valence-corrected chi connectivity index (χ3v) is 6.49. The van der Waals surface area contributed by atoms with Crippen molar-refractivity contribution in [2.45, 2.75) is 19.3 Å². The fraction of sp³-hybridized carbons (Fsp3) is 0.250. The first-order valence-electron chi connectivity index (χ1n) is 12.5. The second-order valence-electron chi connectivity index (χ2n) is 9.16. The van der Waals surface area contributed by atoms with Crippen molar-refractivity contribution in [3.8, 4) is 16.9 Å². The van der Waals surface area contributed by atoms with Gasteiger partial charge in [-0.3, -0.25) is 14.4 Å². The zero-order valence-electron chi connectivity index (χ0n) is 20.8. The molecule has 0 aliphatic carbocycles. The molecule has 1 aliphatic rings. The molecule has 0 fully saturated rings. The van der Waals surface area contributed by atoms with Gasteiger partial charge in [-0.15, -0.1) is 0 Å². The van der Waals surface area contributed by atoms with Crippen molar-refractivity contribution in [2.75, 3.05) is 26.2 Å². The normalized spacial score (nSPS) is 15.3. The smallest absolute Gasteiger partial charge is 0.274 e. The minimum atomic E-state index is -0.343. The molecule has 3 N–H and O–H groups in total. The zero-order chi connectivity index (χ0) is 26.5. The molecular weight excluding hydrogens is 484 g/mol. The minimum absolute atomic E-state index is 0.112. The highest BCUT2D eigenvalue weighted by Crippen LogP contribution is 2.30. The van der Waals surface area contributed by atoms with E-state index in [1.807, 2.05) is 12.1 Å². The summed E-state index contributed by atoms with van der Waals surface area (Å²) in [6, 6.07) is 15.9.